The Bertz CT molecular complexity index is 396. The van der Waals surface area contributed by atoms with Gasteiger partial charge in [-0.25, -0.2) is 0 Å². The molecule has 0 radical (unpaired) electrons. The fraction of sp³-hybridized carbons (Fsp3) is 0.588. The maximum atomic E-state index is 10.2. The van der Waals surface area contributed by atoms with E-state index in [4.69, 9.17) is 9.90 Å². The van der Waals surface area contributed by atoms with Crippen molar-refractivity contribution in [2.24, 2.45) is 11.8 Å². The van der Waals surface area contributed by atoms with Crippen molar-refractivity contribution in [2.45, 2.75) is 53.1 Å². The molecule has 0 aliphatic carbocycles. The molecule has 3 unspecified atom stereocenters. The molecule has 0 aromatic heterocycles. The minimum absolute atomic E-state index is 0.243. The van der Waals surface area contributed by atoms with E-state index in [1.54, 1.807) is 24.3 Å². The number of aromatic hydroxyl groups is 1. The van der Waals surface area contributed by atoms with Crippen LogP contribution >= 0.6 is 0 Å². The number of phenols is 1. The van der Waals surface area contributed by atoms with Crippen LogP contribution in [0.1, 0.15) is 58.6 Å². The van der Waals surface area contributed by atoms with Gasteiger partial charge in [0.2, 0.25) is 0 Å². The standard InChI is InChI=1S/C15H24O2.C2H4O2/c1-4-5-11(2)10-12(3)15(17)13-6-8-14(16)9-7-13;1-2(3)4/h6-9,11-12,15-17H,4-5,10H2,1-3H3;1H3,(H,3,4). The summed E-state index contributed by atoms with van der Waals surface area (Å²) in [5.41, 5.74) is 0.888. The molecule has 120 valence electrons. The van der Waals surface area contributed by atoms with Gasteiger partial charge in [0.1, 0.15) is 5.75 Å². The predicted molar refractivity (Wildman–Crippen MR) is 84.2 cm³/mol. The first-order valence-electron chi connectivity index (χ1n) is 7.44. The van der Waals surface area contributed by atoms with Crippen LogP contribution in [0.5, 0.6) is 5.75 Å². The van der Waals surface area contributed by atoms with Gasteiger partial charge in [0.05, 0.1) is 6.10 Å². The molecule has 3 N–H and O–H groups in total. The number of phenolic OH excluding ortho intramolecular Hbond substituents is 1. The summed E-state index contributed by atoms with van der Waals surface area (Å²) in [6.07, 6.45) is 3.01. The summed E-state index contributed by atoms with van der Waals surface area (Å²) in [5, 5.41) is 26.8. The quantitative estimate of drug-likeness (QED) is 0.742. The number of carbonyl (C=O) groups is 1. The lowest BCUT2D eigenvalue weighted by Crippen LogP contribution is -2.12. The summed E-state index contributed by atoms with van der Waals surface area (Å²) in [5.74, 6) is 0.316. The van der Waals surface area contributed by atoms with Crippen molar-refractivity contribution >= 4 is 5.97 Å². The number of aliphatic hydroxyl groups excluding tert-OH is 1. The van der Waals surface area contributed by atoms with Crippen LogP contribution in [0, 0.1) is 11.8 Å². The lowest BCUT2D eigenvalue weighted by Gasteiger charge is -2.22. The molecule has 0 saturated heterocycles. The Hall–Kier alpha value is -1.55. The zero-order valence-electron chi connectivity index (χ0n) is 13.4. The minimum atomic E-state index is -0.833. The zero-order chi connectivity index (χ0) is 16.4. The van der Waals surface area contributed by atoms with Crippen LogP contribution in [-0.2, 0) is 4.79 Å². The van der Waals surface area contributed by atoms with Gasteiger partial charge in [0, 0.05) is 6.92 Å². The third-order valence-electron chi connectivity index (χ3n) is 3.33. The van der Waals surface area contributed by atoms with E-state index in [1.807, 2.05) is 0 Å². The van der Waals surface area contributed by atoms with Crippen LogP contribution in [0.2, 0.25) is 0 Å². The van der Waals surface area contributed by atoms with Gasteiger partial charge in [0.25, 0.3) is 5.97 Å². The molecule has 0 aliphatic rings. The molecule has 0 fully saturated rings. The Morgan fingerprint density at radius 1 is 1.19 bits per heavy atom. The van der Waals surface area contributed by atoms with Gasteiger partial charge in [-0.3, -0.25) is 4.79 Å². The highest BCUT2D eigenvalue weighted by molar-refractivity contribution is 5.62. The second-order valence-corrected chi connectivity index (χ2v) is 5.66. The molecule has 0 saturated carbocycles. The lowest BCUT2D eigenvalue weighted by molar-refractivity contribution is -0.134. The van der Waals surface area contributed by atoms with Crippen molar-refractivity contribution in [2.75, 3.05) is 0 Å². The highest BCUT2D eigenvalue weighted by Gasteiger charge is 2.18. The van der Waals surface area contributed by atoms with Gasteiger partial charge >= 0.3 is 0 Å². The topological polar surface area (TPSA) is 77.8 Å². The summed E-state index contributed by atoms with van der Waals surface area (Å²) in [7, 11) is 0. The molecule has 0 aliphatic heterocycles. The Balaban J connectivity index is 0.000000885. The van der Waals surface area contributed by atoms with E-state index in [1.165, 1.54) is 12.8 Å². The third-order valence-corrected chi connectivity index (χ3v) is 3.33. The second kappa shape index (κ2) is 10.2. The molecule has 0 bridgehead atoms. The van der Waals surface area contributed by atoms with Crippen LogP contribution in [0.25, 0.3) is 0 Å². The molecule has 0 amide bonds. The molecule has 4 nitrogen and oxygen atoms in total. The van der Waals surface area contributed by atoms with Gasteiger partial charge in [-0.2, -0.15) is 0 Å². The van der Waals surface area contributed by atoms with Crippen molar-refractivity contribution in [3.05, 3.63) is 29.8 Å². The summed E-state index contributed by atoms with van der Waals surface area (Å²) in [6.45, 7) is 7.60. The summed E-state index contributed by atoms with van der Waals surface area (Å²) in [4.78, 5) is 9.00. The number of hydrogen-bond acceptors (Lipinski definition) is 3. The SMILES string of the molecule is CC(=O)O.CCCC(C)CC(C)C(O)c1ccc(O)cc1. The highest BCUT2D eigenvalue weighted by Crippen LogP contribution is 2.29. The Labute approximate surface area is 127 Å². The van der Waals surface area contributed by atoms with E-state index in [0.717, 1.165) is 18.9 Å². The number of aliphatic carboxylic acids is 1. The molecule has 4 heteroatoms. The first kappa shape index (κ1) is 19.4. The monoisotopic (exact) mass is 296 g/mol. The Morgan fingerprint density at radius 3 is 2.10 bits per heavy atom. The van der Waals surface area contributed by atoms with Gasteiger partial charge in [-0.05, 0) is 36.0 Å². The molecular weight excluding hydrogens is 268 g/mol. The van der Waals surface area contributed by atoms with Crippen LogP contribution < -0.4 is 0 Å². The summed E-state index contributed by atoms with van der Waals surface area (Å²) >= 11 is 0. The average Bonchev–Trinajstić information content (AvgIpc) is 2.38. The van der Waals surface area contributed by atoms with Crippen LogP contribution in [-0.4, -0.2) is 21.3 Å². The van der Waals surface area contributed by atoms with E-state index in [-0.39, 0.29) is 11.7 Å². The van der Waals surface area contributed by atoms with Gasteiger partial charge in [-0.15, -0.1) is 0 Å². The second-order valence-electron chi connectivity index (χ2n) is 5.66. The van der Waals surface area contributed by atoms with Crippen molar-refractivity contribution in [1.82, 2.24) is 0 Å². The molecule has 1 rings (SSSR count). The molecule has 0 heterocycles. The van der Waals surface area contributed by atoms with Gasteiger partial charge in [-0.1, -0.05) is 45.7 Å². The van der Waals surface area contributed by atoms with Crippen molar-refractivity contribution < 1.29 is 20.1 Å². The number of aliphatic hydroxyl groups is 1. The van der Waals surface area contributed by atoms with Gasteiger partial charge in [0.15, 0.2) is 0 Å². The lowest BCUT2D eigenvalue weighted by atomic mass is 9.87. The number of benzene rings is 1. The maximum absolute atomic E-state index is 10.2. The van der Waals surface area contributed by atoms with E-state index >= 15 is 0 Å². The van der Waals surface area contributed by atoms with Crippen molar-refractivity contribution in [3.63, 3.8) is 0 Å². The normalized spacial score (nSPS) is 14.5. The minimum Gasteiger partial charge on any atom is -0.508 e. The molecule has 3 atom stereocenters. The summed E-state index contributed by atoms with van der Waals surface area (Å²) in [6, 6.07) is 6.84. The number of rotatable bonds is 6. The largest absolute Gasteiger partial charge is 0.508 e. The smallest absolute Gasteiger partial charge is 0.300 e. The van der Waals surface area contributed by atoms with E-state index in [0.29, 0.717) is 5.92 Å². The average molecular weight is 296 g/mol. The number of carboxylic acid groups (broad SMARTS) is 1. The third kappa shape index (κ3) is 9.08. The van der Waals surface area contributed by atoms with Crippen molar-refractivity contribution in [1.29, 1.82) is 0 Å². The fourth-order valence-electron chi connectivity index (χ4n) is 2.37. The van der Waals surface area contributed by atoms with Crippen LogP contribution in [0.3, 0.4) is 0 Å². The molecule has 0 spiro atoms. The fourth-order valence-corrected chi connectivity index (χ4v) is 2.37. The molecule has 21 heavy (non-hydrogen) atoms. The highest BCUT2D eigenvalue weighted by atomic mass is 16.4. The first-order chi connectivity index (χ1) is 9.77. The zero-order valence-corrected chi connectivity index (χ0v) is 13.4. The van der Waals surface area contributed by atoms with E-state index in [2.05, 4.69) is 20.8 Å². The Kier molecular flexibility index (Phi) is 9.46. The molecule has 1 aromatic rings. The number of carboxylic acids is 1. The van der Waals surface area contributed by atoms with Gasteiger partial charge < -0.3 is 15.3 Å². The van der Waals surface area contributed by atoms with Crippen LogP contribution in [0.15, 0.2) is 24.3 Å². The molecular formula is C17H28O4. The first-order valence-corrected chi connectivity index (χ1v) is 7.44. The predicted octanol–water partition coefficient (Wildman–Crippen LogP) is 3.98. The van der Waals surface area contributed by atoms with E-state index in [9.17, 15) is 10.2 Å². The Morgan fingerprint density at radius 2 is 1.67 bits per heavy atom. The number of hydrogen-bond donors (Lipinski definition) is 3. The van der Waals surface area contributed by atoms with E-state index < -0.39 is 12.1 Å². The maximum Gasteiger partial charge on any atom is 0.300 e. The summed E-state index contributed by atoms with van der Waals surface area (Å²) < 4.78 is 0. The van der Waals surface area contributed by atoms with Crippen LogP contribution in [0.4, 0.5) is 0 Å². The molecule has 1 aromatic carbocycles. The van der Waals surface area contributed by atoms with Crippen molar-refractivity contribution in [3.8, 4) is 5.75 Å².